The molecule has 0 bridgehead atoms. The molecule has 2 fully saturated rings. The number of amides is 4. The van der Waals surface area contributed by atoms with Crippen molar-refractivity contribution in [1.29, 1.82) is 0 Å². The fraction of sp³-hybridized carbons (Fsp3) is 0.306. The molecule has 1 atom stereocenters. The van der Waals surface area contributed by atoms with Gasteiger partial charge in [-0.1, -0.05) is 29.8 Å². The molecule has 272 valence electrons. The molecule has 1 saturated carbocycles. The smallest absolute Gasteiger partial charge is 0.264 e. The van der Waals surface area contributed by atoms with E-state index in [1.54, 1.807) is 28.8 Å². The number of carbonyl (C=O) groups excluding carboxylic acids is 5. The molecular formula is C36H35ClFN5O7S2. The van der Waals surface area contributed by atoms with Crippen molar-refractivity contribution in [3.63, 3.8) is 0 Å². The molecule has 16 heteroatoms. The third kappa shape index (κ3) is 6.56. The summed E-state index contributed by atoms with van der Waals surface area (Å²) in [5, 5.41) is 5.41. The summed E-state index contributed by atoms with van der Waals surface area (Å²) in [5.41, 5.74) is 2.17. The van der Waals surface area contributed by atoms with Crippen molar-refractivity contribution >= 4 is 77.7 Å². The van der Waals surface area contributed by atoms with Crippen molar-refractivity contribution in [3.05, 3.63) is 87.8 Å². The second-order valence-electron chi connectivity index (χ2n) is 13.9. The highest BCUT2D eigenvalue weighted by atomic mass is 35.5. The molecule has 3 N–H and O–H groups in total. The summed E-state index contributed by atoms with van der Waals surface area (Å²) in [4.78, 5) is 66.8. The number of anilines is 1. The van der Waals surface area contributed by atoms with Crippen LogP contribution in [0.25, 0.3) is 22.0 Å². The summed E-state index contributed by atoms with van der Waals surface area (Å²) in [6.45, 7) is 1.34. The molecule has 4 aromatic rings. The molecule has 4 amide bonds. The summed E-state index contributed by atoms with van der Waals surface area (Å²) in [5.74, 6) is -2.35. The van der Waals surface area contributed by atoms with Crippen LogP contribution < -0.4 is 15.4 Å². The van der Waals surface area contributed by atoms with Crippen LogP contribution in [0.5, 0.6) is 0 Å². The zero-order valence-electron chi connectivity index (χ0n) is 28.4. The number of hydrogen-bond donors (Lipinski definition) is 3. The van der Waals surface area contributed by atoms with Gasteiger partial charge in [-0.25, -0.2) is 27.6 Å². The van der Waals surface area contributed by atoms with Gasteiger partial charge in [-0.2, -0.15) is 0 Å². The Bertz CT molecular complexity index is 2360. The molecule has 1 aromatic heterocycles. The zero-order valence-corrected chi connectivity index (χ0v) is 30.8. The molecule has 7 rings (SSSR count). The number of nitrogens with zero attached hydrogens (tertiary/aromatic N) is 2. The van der Waals surface area contributed by atoms with E-state index in [9.17, 15) is 32.4 Å². The van der Waals surface area contributed by atoms with Gasteiger partial charge in [-0.05, 0) is 62.6 Å². The minimum Gasteiger partial charge on any atom is -0.348 e. The van der Waals surface area contributed by atoms with Gasteiger partial charge >= 0.3 is 0 Å². The molecular weight excluding hydrogens is 733 g/mol. The lowest BCUT2D eigenvalue weighted by Crippen LogP contribution is -2.45. The Hall–Kier alpha value is -4.73. The maximum absolute atomic E-state index is 16.0. The van der Waals surface area contributed by atoms with E-state index in [0.29, 0.717) is 52.1 Å². The number of sulfonamides is 1. The van der Waals surface area contributed by atoms with Crippen molar-refractivity contribution < 1.29 is 36.8 Å². The van der Waals surface area contributed by atoms with Crippen molar-refractivity contribution in [2.24, 2.45) is 0 Å². The molecule has 3 aromatic carbocycles. The van der Waals surface area contributed by atoms with Gasteiger partial charge in [0.25, 0.3) is 11.8 Å². The van der Waals surface area contributed by atoms with Crippen LogP contribution in [0.2, 0.25) is 5.02 Å². The van der Waals surface area contributed by atoms with Crippen LogP contribution in [-0.4, -0.2) is 82.7 Å². The highest BCUT2D eigenvalue weighted by molar-refractivity contribution is 8.32. The van der Waals surface area contributed by atoms with Crippen LogP contribution in [0.3, 0.4) is 0 Å². The molecule has 2 aliphatic heterocycles. The van der Waals surface area contributed by atoms with Crippen LogP contribution >= 0.6 is 21.6 Å². The molecule has 0 spiro atoms. The Morgan fingerprint density at radius 3 is 2.48 bits per heavy atom. The first-order valence-corrected chi connectivity index (χ1v) is 21.1. The molecule has 12 nitrogen and oxygen atoms in total. The lowest BCUT2D eigenvalue weighted by atomic mass is 9.99. The third-order valence-electron chi connectivity index (χ3n) is 9.58. The molecule has 3 heterocycles. The van der Waals surface area contributed by atoms with Crippen LogP contribution in [0, 0.1) is 5.82 Å². The third-order valence-corrected chi connectivity index (χ3v) is 14.0. The Labute approximate surface area is 305 Å². The number of Topliss-reactive ketones (excluding diaryl/α,β-unsaturated/α-hetero) is 1. The average Bonchev–Trinajstić information content (AvgIpc) is 3.70. The van der Waals surface area contributed by atoms with Crippen LogP contribution in [0.15, 0.2) is 54.7 Å². The van der Waals surface area contributed by atoms with E-state index < -0.39 is 54.9 Å². The minimum atomic E-state index is -3.79. The number of nitrogens with one attached hydrogen (secondary N) is 3. The average molecular weight is 768 g/mol. The van der Waals surface area contributed by atoms with Gasteiger partial charge in [0.2, 0.25) is 21.8 Å². The van der Waals surface area contributed by atoms with Gasteiger partial charge in [0.15, 0.2) is 11.6 Å². The van der Waals surface area contributed by atoms with E-state index in [1.165, 1.54) is 42.3 Å². The quantitative estimate of drug-likeness (QED) is 0.209. The number of ketones is 1. The number of benzene rings is 3. The Balaban J connectivity index is 1.12. The number of rotatable bonds is 9. The van der Waals surface area contributed by atoms with Crippen molar-refractivity contribution in [2.75, 3.05) is 29.5 Å². The number of halogens is 2. The highest BCUT2D eigenvalue weighted by Gasteiger charge is 2.42. The van der Waals surface area contributed by atoms with Gasteiger partial charge in [0.1, 0.15) is 12.6 Å². The molecule has 0 radical (unpaired) electrons. The van der Waals surface area contributed by atoms with Gasteiger partial charge < -0.3 is 20.1 Å². The van der Waals surface area contributed by atoms with E-state index in [-0.39, 0.29) is 52.2 Å². The lowest BCUT2D eigenvalue weighted by molar-refractivity contribution is -0.136. The van der Waals surface area contributed by atoms with E-state index in [4.69, 9.17) is 11.6 Å². The number of fused-ring (bicyclic) bond motifs is 2. The van der Waals surface area contributed by atoms with Gasteiger partial charge in [-0.15, -0.1) is 0 Å². The van der Waals surface area contributed by atoms with Gasteiger partial charge in [0, 0.05) is 62.8 Å². The second-order valence-corrected chi connectivity index (χ2v) is 20.3. The Kier molecular flexibility index (Phi) is 8.94. The highest BCUT2D eigenvalue weighted by Crippen LogP contribution is 2.48. The standard InChI is InChI=1S/C36H35ClFN5O7S2/c1-19(44)27-15-42(29-12-7-20(13-25(27)29)34(46)41-52(49,50)21-8-9-21)16-31(45)43-18-51(2,3)17-30(43)36(48)40-28-6-4-5-23(33(28)38)22-10-11-24-26(32(22)37)14-39-35(24)47/h4-7,10-13,15,21,30H,8-9,14,16-18H2,1-3H3,(H,39,47)(H,40,48)(H,41,46)/t30-/m0/s1. The van der Waals surface area contributed by atoms with E-state index in [1.807, 2.05) is 12.5 Å². The predicted octanol–water partition coefficient (Wildman–Crippen LogP) is 4.64. The van der Waals surface area contributed by atoms with Crippen LogP contribution in [0.4, 0.5) is 10.1 Å². The predicted molar refractivity (Wildman–Crippen MR) is 198 cm³/mol. The molecule has 1 aliphatic carbocycles. The largest absolute Gasteiger partial charge is 0.348 e. The second kappa shape index (κ2) is 13.0. The van der Waals surface area contributed by atoms with E-state index >= 15 is 4.39 Å². The zero-order chi connectivity index (χ0) is 37.3. The van der Waals surface area contributed by atoms with Gasteiger partial charge in [-0.3, -0.25) is 24.0 Å². The molecule has 3 aliphatic rings. The molecule has 1 saturated heterocycles. The summed E-state index contributed by atoms with van der Waals surface area (Å²) in [6.07, 6.45) is 6.50. The fourth-order valence-corrected chi connectivity index (χ4v) is 10.8. The minimum absolute atomic E-state index is 0.0479. The monoisotopic (exact) mass is 767 g/mol. The van der Waals surface area contributed by atoms with Crippen molar-refractivity contribution in [1.82, 2.24) is 19.5 Å². The molecule has 52 heavy (non-hydrogen) atoms. The first-order valence-electron chi connectivity index (χ1n) is 16.4. The Morgan fingerprint density at radius 2 is 1.77 bits per heavy atom. The SMILES string of the molecule is CC(=O)c1cn(CC(=O)N2CS(C)(C)C[C@H]2C(=O)Nc2cccc(-c3ccc4c(c3Cl)CNC4=O)c2F)c2ccc(C(=O)NS(=O)(=O)C3CC3)cc12. The first kappa shape index (κ1) is 35.7. The summed E-state index contributed by atoms with van der Waals surface area (Å²) in [7, 11) is -5.23. The maximum atomic E-state index is 16.0. The van der Waals surface area contributed by atoms with E-state index in [0.717, 1.165) is 0 Å². The topological polar surface area (TPSA) is 164 Å². The van der Waals surface area contributed by atoms with Crippen molar-refractivity contribution in [3.8, 4) is 11.1 Å². The normalized spacial score (nSPS) is 18.5. The maximum Gasteiger partial charge on any atom is 0.264 e. The van der Waals surface area contributed by atoms with Gasteiger partial charge in [0.05, 0.1) is 21.8 Å². The lowest BCUT2D eigenvalue weighted by Gasteiger charge is -2.25. The first-order chi connectivity index (χ1) is 24.5. The van der Waals surface area contributed by atoms with Crippen LogP contribution in [0.1, 0.15) is 56.4 Å². The summed E-state index contributed by atoms with van der Waals surface area (Å²) in [6, 6.07) is 11.2. The molecule has 0 unspecified atom stereocenters. The fourth-order valence-electron chi connectivity index (χ4n) is 6.77. The van der Waals surface area contributed by atoms with E-state index in [2.05, 4.69) is 15.4 Å². The Morgan fingerprint density at radius 1 is 1.04 bits per heavy atom. The van der Waals surface area contributed by atoms with Crippen molar-refractivity contribution in [2.45, 2.75) is 44.1 Å². The van der Waals surface area contributed by atoms with Crippen LogP contribution in [-0.2, 0) is 32.7 Å². The number of aromatic nitrogens is 1. The number of carbonyl (C=O) groups is 5. The number of hydrogen-bond acceptors (Lipinski definition) is 7. The summed E-state index contributed by atoms with van der Waals surface area (Å²) < 4.78 is 44.4. The summed E-state index contributed by atoms with van der Waals surface area (Å²) >= 11 is 6.60.